The number of likely N-dealkylation sites (tertiary alicyclic amines) is 1. The Labute approximate surface area is 119 Å². The summed E-state index contributed by atoms with van der Waals surface area (Å²) in [5.41, 5.74) is 0.586. The van der Waals surface area contributed by atoms with E-state index in [0.29, 0.717) is 6.54 Å². The molecule has 1 aromatic carbocycles. The molecule has 110 valence electrons. The number of nitrogens with zero attached hydrogens (tertiary/aromatic N) is 1. The molecule has 2 rings (SSSR count). The van der Waals surface area contributed by atoms with Crippen molar-refractivity contribution in [2.45, 2.75) is 33.2 Å². The minimum atomic E-state index is -1.22. The van der Waals surface area contributed by atoms with Gasteiger partial charge in [0.2, 0.25) is 0 Å². The number of carboxylic acids is 1. The van der Waals surface area contributed by atoms with Crippen LogP contribution < -0.4 is 0 Å². The number of hydrogen-bond acceptors (Lipinski definition) is 2. The first-order valence-electron chi connectivity index (χ1n) is 7.21. The molecule has 0 saturated carbocycles. The SMILES string of the molecule is CC(C)C1CCN(Cc2ccc(C(=O)O)c(F)c2)CC1. The number of rotatable bonds is 4. The quantitative estimate of drug-likeness (QED) is 0.918. The Bertz CT molecular complexity index is 479. The molecule has 1 heterocycles. The number of benzene rings is 1. The predicted octanol–water partition coefficient (Wildman–Crippen LogP) is 3.39. The third-order valence-electron chi connectivity index (χ3n) is 4.25. The Kier molecular flexibility index (Phi) is 4.76. The maximum Gasteiger partial charge on any atom is 0.338 e. The fourth-order valence-corrected chi connectivity index (χ4v) is 2.87. The van der Waals surface area contributed by atoms with E-state index in [1.807, 2.05) is 0 Å². The summed E-state index contributed by atoms with van der Waals surface area (Å²) in [6.45, 7) is 7.29. The zero-order valence-corrected chi connectivity index (χ0v) is 12.1. The molecule has 0 bridgehead atoms. The van der Waals surface area contributed by atoms with Gasteiger partial charge in [-0.1, -0.05) is 19.9 Å². The molecule has 1 fully saturated rings. The van der Waals surface area contributed by atoms with Crippen LogP contribution >= 0.6 is 0 Å². The van der Waals surface area contributed by atoms with Crippen LogP contribution in [-0.4, -0.2) is 29.1 Å². The van der Waals surface area contributed by atoms with Crippen LogP contribution in [0.1, 0.15) is 42.6 Å². The molecule has 1 aromatic rings. The molecule has 0 radical (unpaired) electrons. The molecule has 1 aliphatic heterocycles. The molecule has 0 amide bonds. The molecule has 4 heteroatoms. The van der Waals surface area contributed by atoms with E-state index < -0.39 is 11.8 Å². The van der Waals surface area contributed by atoms with Gasteiger partial charge in [0.25, 0.3) is 0 Å². The van der Waals surface area contributed by atoms with Gasteiger partial charge in [-0.05, 0) is 55.5 Å². The molecule has 20 heavy (non-hydrogen) atoms. The van der Waals surface area contributed by atoms with Crippen LogP contribution in [0.3, 0.4) is 0 Å². The van der Waals surface area contributed by atoms with Gasteiger partial charge in [0, 0.05) is 6.54 Å². The number of hydrogen-bond donors (Lipinski definition) is 1. The van der Waals surface area contributed by atoms with Crippen LogP contribution in [-0.2, 0) is 6.54 Å². The van der Waals surface area contributed by atoms with Gasteiger partial charge >= 0.3 is 5.97 Å². The molecule has 0 unspecified atom stereocenters. The topological polar surface area (TPSA) is 40.5 Å². The molecule has 1 aliphatic rings. The zero-order valence-electron chi connectivity index (χ0n) is 12.1. The average Bonchev–Trinajstić information content (AvgIpc) is 2.39. The lowest BCUT2D eigenvalue weighted by atomic mass is 9.86. The van der Waals surface area contributed by atoms with E-state index in [2.05, 4.69) is 18.7 Å². The van der Waals surface area contributed by atoms with E-state index in [-0.39, 0.29) is 5.56 Å². The third kappa shape index (κ3) is 3.57. The van der Waals surface area contributed by atoms with Crippen LogP contribution in [0.15, 0.2) is 18.2 Å². The minimum Gasteiger partial charge on any atom is -0.478 e. The van der Waals surface area contributed by atoms with E-state index in [1.54, 1.807) is 6.07 Å². The molecular weight excluding hydrogens is 257 g/mol. The Morgan fingerprint density at radius 1 is 1.40 bits per heavy atom. The van der Waals surface area contributed by atoms with Crippen molar-refractivity contribution in [3.63, 3.8) is 0 Å². The summed E-state index contributed by atoms with van der Waals surface area (Å²) in [5, 5.41) is 8.81. The van der Waals surface area contributed by atoms with Crippen molar-refractivity contribution >= 4 is 5.97 Å². The van der Waals surface area contributed by atoms with Crippen molar-refractivity contribution < 1.29 is 14.3 Å². The lowest BCUT2D eigenvalue weighted by molar-refractivity contribution is 0.0692. The van der Waals surface area contributed by atoms with E-state index in [1.165, 1.54) is 25.0 Å². The fourth-order valence-electron chi connectivity index (χ4n) is 2.87. The Morgan fingerprint density at radius 2 is 2.05 bits per heavy atom. The Hall–Kier alpha value is -1.42. The van der Waals surface area contributed by atoms with Gasteiger partial charge in [-0.2, -0.15) is 0 Å². The second-order valence-electron chi connectivity index (χ2n) is 5.98. The van der Waals surface area contributed by atoms with Gasteiger partial charge in [-0.3, -0.25) is 4.90 Å². The third-order valence-corrected chi connectivity index (χ3v) is 4.25. The molecular formula is C16H22FNO2. The summed E-state index contributed by atoms with van der Waals surface area (Å²) < 4.78 is 13.6. The fraction of sp³-hybridized carbons (Fsp3) is 0.562. The summed E-state index contributed by atoms with van der Waals surface area (Å²) in [6, 6.07) is 4.41. The van der Waals surface area contributed by atoms with Crippen LogP contribution in [0.4, 0.5) is 4.39 Å². The van der Waals surface area contributed by atoms with Crippen molar-refractivity contribution in [3.8, 4) is 0 Å². The highest BCUT2D eigenvalue weighted by Gasteiger charge is 2.21. The second-order valence-corrected chi connectivity index (χ2v) is 5.98. The summed E-state index contributed by atoms with van der Waals surface area (Å²) in [5.74, 6) is -0.347. The van der Waals surface area contributed by atoms with Crippen molar-refractivity contribution in [3.05, 3.63) is 35.1 Å². The van der Waals surface area contributed by atoms with Gasteiger partial charge in [0.15, 0.2) is 0 Å². The van der Waals surface area contributed by atoms with E-state index in [9.17, 15) is 9.18 Å². The number of carboxylic acid groups (broad SMARTS) is 1. The first-order chi connectivity index (χ1) is 9.47. The van der Waals surface area contributed by atoms with Crippen molar-refractivity contribution in [1.29, 1.82) is 0 Å². The highest BCUT2D eigenvalue weighted by molar-refractivity contribution is 5.87. The predicted molar refractivity (Wildman–Crippen MR) is 76.2 cm³/mol. The van der Waals surface area contributed by atoms with Gasteiger partial charge in [-0.25, -0.2) is 9.18 Å². The maximum absolute atomic E-state index is 13.6. The summed E-state index contributed by atoms with van der Waals surface area (Å²) in [7, 11) is 0. The van der Waals surface area contributed by atoms with E-state index in [4.69, 9.17) is 5.11 Å². The maximum atomic E-state index is 13.6. The molecule has 1 N–H and O–H groups in total. The van der Waals surface area contributed by atoms with Crippen molar-refractivity contribution in [2.24, 2.45) is 11.8 Å². The molecule has 1 saturated heterocycles. The van der Waals surface area contributed by atoms with Crippen molar-refractivity contribution in [1.82, 2.24) is 4.90 Å². The molecule has 0 aliphatic carbocycles. The highest BCUT2D eigenvalue weighted by Crippen LogP contribution is 2.25. The first kappa shape index (κ1) is 15.0. The summed E-state index contributed by atoms with van der Waals surface area (Å²) >= 11 is 0. The Morgan fingerprint density at radius 3 is 2.55 bits per heavy atom. The number of piperidine rings is 1. The number of carbonyl (C=O) groups is 1. The lowest BCUT2D eigenvalue weighted by Gasteiger charge is -2.33. The summed E-state index contributed by atoms with van der Waals surface area (Å²) in [4.78, 5) is 13.1. The largest absolute Gasteiger partial charge is 0.478 e. The zero-order chi connectivity index (χ0) is 14.7. The van der Waals surface area contributed by atoms with Crippen molar-refractivity contribution in [2.75, 3.05) is 13.1 Å². The summed E-state index contributed by atoms with van der Waals surface area (Å²) in [6.07, 6.45) is 2.38. The lowest BCUT2D eigenvalue weighted by Crippen LogP contribution is -2.34. The Balaban J connectivity index is 1.95. The smallest absolute Gasteiger partial charge is 0.338 e. The molecule has 0 spiro atoms. The van der Waals surface area contributed by atoms with Gasteiger partial charge in [-0.15, -0.1) is 0 Å². The van der Waals surface area contributed by atoms with Crippen LogP contribution in [0.2, 0.25) is 0 Å². The van der Waals surface area contributed by atoms with E-state index in [0.717, 1.165) is 30.5 Å². The highest BCUT2D eigenvalue weighted by atomic mass is 19.1. The van der Waals surface area contributed by atoms with Crippen LogP contribution in [0, 0.1) is 17.7 Å². The number of aromatic carboxylic acids is 1. The second kappa shape index (κ2) is 6.35. The molecule has 0 atom stereocenters. The molecule has 0 aromatic heterocycles. The standard InChI is InChI=1S/C16H22FNO2/c1-11(2)13-5-7-18(8-6-13)10-12-3-4-14(16(19)20)15(17)9-12/h3-4,9,11,13H,5-8,10H2,1-2H3,(H,19,20). The average molecular weight is 279 g/mol. The molecule has 3 nitrogen and oxygen atoms in total. The van der Waals surface area contributed by atoms with Gasteiger partial charge in [0.1, 0.15) is 5.82 Å². The first-order valence-corrected chi connectivity index (χ1v) is 7.21. The number of halogens is 1. The van der Waals surface area contributed by atoms with E-state index >= 15 is 0 Å². The van der Waals surface area contributed by atoms with Gasteiger partial charge < -0.3 is 5.11 Å². The normalized spacial score (nSPS) is 17.6. The van der Waals surface area contributed by atoms with Crippen LogP contribution in [0.5, 0.6) is 0 Å². The van der Waals surface area contributed by atoms with Crippen LogP contribution in [0.25, 0.3) is 0 Å². The minimum absolute atomic E-state index is 0.257. The monoisotopic (exact) mass is 279 g/mol. The van der Waals surface area contributed by atoms with Gasteiger partial charge in [0.05, 0.1) is 5.56 Å².